The lowest BCUT2D eigenvalue weighted by atomic mass is 10.1. The monoisotopic (exact) mass is 312 g/mol. The molecule has 0 atom stereocenters. The van der Waals surface area contributed by atoms with Crippen LogP contribution in [0, 0.1) is 5.82 Å². The summed E-state index contributed by atoms with van der Waals surface area (Å²) >= 11 is 5.90. The van der Waals surface area contributed by atoms with E-state index in [2.05, 4.69) is 10.2 Å². The van der Waals surface area contributed by atoms with Gasteiger partial charge < -0.3 is 10.2 Å². The van der Waals surface area contributed by atoms with Crippen molar-refractivity contribution in [3.63, 3.8) is 0 Å². The molecule has 0 aliphatic carbocycles. The largest absolute Gasteiger partial charge is 0.356 e. The van der Waals surface area contributed by atoms with Gasteiger partial charge >= 0.3 is 0 Å². The molecule has 116 valence electrons. The van der Waals surface area contributed by atoms with Crippen LogP contribution in [0.4, 0.5) is 4.39 Å². The van der Waals surface area contributed by atoms with Crippen molar-refractivity contribution in [3.05, 3.63) is 34.6 Å². The Kier molecular flexibility index (Phi) is 6.46. The third-order valence-electron chi connectivity index (χ3n) is 3.82. The van der Waals surface area contributed by atoms with E-state index in [9.17, 15) is 9.18 Å². The van der Waals surface area contributed by atoms with Crippen LogP contribution in [-0.2, 0) is 11.2 Å². The molecule has 1 heterocycles. The van der Waals surface area contributed by atoms with Crippen LogP contribution in [0.25, 0.3) is 0 Å². The minimum absolute atomic E-state index is 0.00235. The van der Waals surface area contributed by atoms with Crippen molar-refractivity contribution in [3.8, 4) is 0 Å². The fourth-order valence-electron chi connectivity index (χ4n) is 2.62. The lowest BCUT2D eigenvalue weighted by Crippen LogP contribution is -2.27. The van der Waals surface area contributed by atoms with Gasteiger partial charge in [-0.2, -0.15) is 0 Å². The van der Waals surface area contributed by atoms with E-state index in [-0.39, 0.29) is 17.9 Å². The quantitative estimate of drug-likeness (QED) is 0.785. The van der Waals surface area contributed by atoms with Crippen molar-refractivity contribution >= 4 is 17.5 Å². The summed E-state index contributed by atoms with van der Waals surface area (Å²) in [6.07, 6.45) is 4.64. The maximum atomic E-state index is 13.6. The standard InChI is InChI=1S/C16H22ClFN2O/c17-14-6-5-7-15(18)13(14)12-16(21)19-8-1-2-9-20-10-3-4-11-20/h5-7H,1-4,8-12H2,(H,19,21). The Balaban J connectivity index is 1.63. The predicted octanol–water partition coefficient (Wildman–Crippen LogP) is 3.01. The van der Waals surface area contributed by atoms with E-state index in [1.165, 1.54) is 38.1 Å². The van der Waals surface area contributed by atoms with Gasteiger partial charge in [-0.15, -0.1) is 0 Å². The third kappa shape index (κ3) is 5.29. The van der Waals surface area contributed by atoms with Crippen LogP contribution >= 0.6 is 11.6 Å². The predicted molar refractivity (Wildman–Crippen MR) is 83.0 cm³/mol. The third-order valence-corrected chi connectivity index (χ3v) is 4.18. The number of benzene rings is 1. The van der Waals surface area contributed by atoms with Gasteiger partial charge in [0.25, 0.3) is 0 Å². The van der Waals surface area contributed by atoms with Crippen LogP contribution in [0.15, 0.2) is 18.2 Å². The highest BCUT2D eigenvalue weighted by molar-refractivity contribution is 6.31. The molecule has 1 aliphatic heterocycles. The Morgan fingerprint density at radius 3 is 2.76 bits per heavy atom. The van der Waals surface area contributed by atoms with Crippen LogP contribution in [-0.4, -0.2) is 37.0 Å². The smallest absolute Gasteiger partial charge is 0.224 e. The van der Waals surface area contributed by atoms with Crippen molar-refractivity contribution in [1.29, 1.82) is 0 Å². The van der Waals surface area contributed by atoms with Gasteiger partial charge in [-0.05, 0) is 57.5 Å². The number of rotatable bonds is 7. The Morgan fingerprint density at radius 1 is 1.29 bits per heavy atom. The van der Waals surface area contributed by atoms with Crippen molar-refractivity contribution < 1.29 is 9.18 Å². The SMILES string of the molecule is O=C(Cc1c(F)cccc1Cl)NCCCCN1CCCC1. The molecule has 1 aliphatic rings. The minimum atomic E-state index is -0.424. The van der Waals surface area contributed by atoms with Crippen molar-refractivity contribution in [2.75, 3.05) is 26.2 Å². The van der Waals surface area contributed by atoms with Crippen LogP contribution in [0.3, 0.4) is 0 Å². The van der Waals surface area contributed by atoms with Gasteiger partial charge in [0, 0.05) is 17.1 Å². The molecule has 1 aromatic rings. The van der Waals surface area contributed by atoms with Crippen molar-refractivity contribution in [1.82, 2.24) is 10.2 Å². The number of carbonyl (C=O) groups excluding carboxylic acids is 1. The minimum Gasteiger partial charge on any atom is -0.356 e. The van der Waals surface area contributed by atoms with E-state index in [1.54, 1.807) is 6.07 Å². The van der Waals surface area contributed by atoms with E-state index in [1.807, 2.05) is 0 Å². The second-order valence-electron chi connectivity index (χ2n) is 5.48. The van der Waals surface area contributed by atoms with Crippen molar-refractivity contribution in [2.24, 2.45) is 0 Å². The number of likely N-dealkylation sites (tertiary alicyclic amines) is 1. The molecule has 1 amide bonds. The maximum Gasteiger partial charge on any atom is 0.224 e. The number of nitrogens with zero attached hydrogens (tertiary/aromatic N) is 1. The molecule has 21 heavy (non-hydrogen) atoms. The number of unbranched alkanes of at least 4 members (excludes halogenated alkanes) is 1. The number of hydrogen-bond donors (Lipinski definition) is 1. The molecule has 2 rings (SSSR count). The molecule has 0 spiro atoms. The average molecular weight is 313 g/mol. The maximum absolute atomic E-state index is 13.6. The normalized spacial score (nSPS) is 15.3. The first-order valence-corrected chi connectivity index (χ1v) is 7.96. The molecule has 5 heteroatoms. The van der Waals surface area contributed by atoms with E-state index in [4.69, 9.17) is 11.6 Å². The van der Waals surface area contributed by atoms with Gasteiger partial charge in [-0.25, -0.2) is 4.39 Å². The van der Waals surface area contributed by atoms with Gasteiger partial charge in [0.15, 0.2) is 0 Å². The summed E-state index contributed by atoms with van der Waals surface area (Å²) in [6.45, 7) is 4.16. The molecular weight excluding hydrogens is 291 g/mol. The molecule has 1 fully saturated rings. The number of amides is 1. The molecule has 0 unspecified atom stereocenters. The summed E-state index contributed by atoms with van der Waals surface area (Å²) in [5, 5.41) is 3.13. The summed E-state index contributed by atoms with van der Waals surface area (Å²) in [7, 11) is 0. The molecule has 0 saturated carbocycles. The molecule has 0 aromatic heterocycles. The Bertz CT molecular complexity index is 455. The average Bonchev–Trinajstić information content (AvgIpc) is 2.96. The second-order valence-corrected chi connectivity index (χ2v) is 5.89. The molecular formula is C16H22ClFN2O. The highest BCUT2D eigenvalue weighted by Crippen LogP contribution is 2.19. The zero-order valence-corrected chi connectivity index (χ0v) is 13.0. The Hall–Kier alpha value is -1.13. The summed E-state index contributed by atoms with van der Waals surface area (Å²) < 4.78 is 13.6. The molecule has 1 aromatic carbocycles. The van der Waals surface area contributed by atoms with Gasteiger partial charge in [-0.1, -0.05) is 17.7 Å². The number of hydrogen-bond acceptors (Lipinski definition) is 2. The molecule has 1 N–H and O–H groups in total. The highest BCUT2D eigenvalue weighted by Gasteiger charge is 2.12. The lowest BCUT2D eigenvalue weighted by molar-refractivity contribution is -0.120. The zero-order chi connectivity index (χ0) is 15.1. The Morgan fingerprint density at radius 2 is 2.05 bits per heavy atom. The molecule has 0 bridgehead atoms. The molecule has 0 radical (unpaired) electrons. The first-order valence-electron chi connectivity index (χ1n) is 7.59. The fourth-order valence-corrected chi connectivity index (χ4v) is 2.85. The first-order chi connectivity index (χ1) is 10.2. The number of nitrogens with one attached hydrogen (secondary N) is 1. The van der Waals surface area contributed by atoms with Gasteiger partial charge in [0.05, 0.1) is 6.42 Å². The fraction of sp³-hybridized carbons (Fsp3) is 0.562. The zero-order valence-electron chi connectivity index (χ0n) is 12.2. The van der Waals surface area contributed by atoms with Crippen LogP contribution in [0.2, 0.25) is 5.02 Å². The van der Waals surface area contributed by atoms with E-state index >= 15 is 0 Å². The van der Waals surface area contributed by atoms with Crippen molar-refractivity contribution in [2.45, 2.75) is 32.1 Å². The number of halogens is 2. The van der Waals surface area contributed by atoms with E-state index < -0.39 is 5.82 Å². The van der Waals surface area contributed by atoms with Crippen LogP contribution in [0.1, 0.15) is 31.2 Å². The van der Waals surface area contributed by atoms with Gasteiger partial charge in [-0.3, -0.25) is 4.79 Å². The summed E-state index contributed by atoms with van der Waals surface area (Å²) in [6, 6.07) is 4.46. The summed E-state index contributed by atoms with van der Waals surface area (Å²) in [4.78, 5) is 14.2. The summed E-state index contributed by atoms with van der Waals surface area (Å²) in [5.74, 6) is -0.602. The van der Waals surface area contributed by atoms with Gasteiger partial charge in [0.2, 0.25) is 5.91 Å². The van der Waals surface area contributed by atoms with Gasteiger partial charge in [0.1, 0.15) is 5.82 Å². The summed E-state index contributed by atoms with van der Waals surface area (Å²) in [5.41, 5.74) is 0.272. The second kappa shape index (κ2) is 8.35. The highest BCUT2D eigenvalue weighted by atomic mass is 35.5. The Labute approximate surface area is 130 Å². The van der Waals surface area contributed by atoms with Crippen LogP contribution in [0.5, 0.6) is 0 Å². The number of carbonyl (C=O) groups is 1. The van der Waals surface area contributed by atoms with Crippen LogP contribution < -0.4 is 5.32 Å². The topological polar surface area (TPSA) is 32.3 Å². The molecule has 3 nitrogen and oxygen atoms in total. The van der Waals surface area contributed by atoms with E-state index in [0.717, 1.165) is 19.4 Å². The lowest BCUT2D eigenvalue weighted by Gasteiger charge is -2.14. The van der Waals surface area contributed by atoms with E-state index in [0.29, 0.717) is 11.6 Å². The first kappa shape index (κ1) is 16.2. The molecule has 1 saturated heterocycles.